The van der Waals surface area contributed by atoms with Gasteiger partial charge in [-0.05, 0) is 18.2 Å². The van der Waals surface area contributed by atoms with Crippen LogP contribution in [0.15, 0.2) is 85.0 Å². The second kappa shape index (κ2) is 8.98. The Morgan fingerprint density at radius 1 is 1.00 bits per heavy atom. The molecule has 2 aromatic carbocycles. The minimum Gasteiger partial charge on any atom is -0.318 e. The van der Waals surface area contributed by atoms with Crippen molar-refractivity contribution in [3.8, 4) is 0 Å². The van der Waals surface area contributed by atoms with E-state index in [4.69, 9.17) is 0 Å². The number of carbonyl (C=O) groups excluding carboxylic acids is 1. The Balaban J connectivity index is 0.000000203. The van der Waals surface area contributed by atoms with Crippen molar-refractivity contribution in [3.63, 3.8) is 0 Å². The van der Waals surface area contributed by atoms with Crippen molar-refractivity contribution in [2.24, 2.45) is 0 Å². The highest BCUT2D eigenvalue weighted by Crippen LogP contribution is 2.32. The molecule has 1 amide bonds. The van der Waals surface area contributed by atoms with Gasteiger partial charge in [-0.1, -0.05) is 66.8 Å². The maximum atomic E-state index is 11.7. The minimum atomic E-state index is -4.84. The van der Waals surface area contributed by atoms with Crippen LogP contribution >= 0.6 is 0 Å². The van der Waals surface area contributed by atoms with Gasteiger partial charge in [-0.25, -0.2) is 0 Å². The normalized spacial score (nSPS) is 18.0. The summed E-state index contributed by atoms with van der Waals surface area (Å²) in [5.74, 6) is -1.96. The second-order valence-electron chi connectivity index (χ2n) is 5.86. The van der Waals surface area contributed by atoms with Crippen molar-refractivity contribution in [1.82, 2.24) is 0 Å². The first-order valence-corrected chi connectivity index (χ1v) is 8.23. The van der Waals surface area contributed by atoms with Gasteiger partial charge in [0.1, 0.15) is 0 Å². The van der Waals surface area contributed by atoms with Gasteiger partial charge in [0.25, 0.3) is 5.54 Å². The summed E-state index contributed by atoms with van der Waals surface area (Å²) in [6, 6.07) is 16.6. The van der Waals surface area contributed by atoms with Crippen LogP contribution in [0.4, 0.5) is 18.9 Å². The summed E-state index contributed by atoms with van der Waals surface area (Å²) in [6.45, 7) is 0. The van der Waals surface area contributed by atoms with Gasteiger partial charge in [0.15, 0.2) is 0 Å². The lowest BCUT2D eigenvalue weighted by atomic mass is 9.85. The molecule has 1 aliphatic carbocycles. The van der Waals surface area contributed by atoms with E-state index >= 15 is 0 Å². The number of alkyl halides is 3. The van der Waals surface area contributed by atoms with E-state index in [1.54, 1.807) is 35.7 Å². The molecule has 5 nitrogen and oxygen atoms in total. The fraction of sp³-hybridized carbons (Fsp3) is 0.150. The van der Waals surface area contributed by atoms with Crippen LogP contribution in [0, 0.1) is 10.1 Å². The number of rotatable bonds is 3. The smallest absolute Gasteiger partial charge is 0.318 e. The molecule has 0 spiro atoms. The molecule has 0 heterocycles. The first-order chi connectivity index (χ1) is 13.3. The first-order valence-electron chi connectivity index (χ1n) is 8.23. The van der Waals surface area contributed by atoms with E-state index < -0.39 is 17.6 Å². The van der Waals surface area contributed by atoms with Crippen molar-refractivity contribution < 1.29 is 22.9 Å². The molecule has 3 rings (SSSR count). The van der Waals surface area contributed by atoms with Gasteiger partial charge in [0, 0.05) is 22.6 Å². The van der Waals surface area contributed by atoms with Crippen molar-refractivity contribution in [2.45, 2.75) is 18.1 Å². The zero-order chi connectivity index (χ0) is 20.6. The molecule has 146 valence electrons. The van der Waals surface area contributed by atoms with Crippen LogP contribution in [0.5, 0.6) is 0 Å². The van der Waals surface area contributed by atoms with E-state index in [1.165, 1.54) is 24.3 Å². The first kappa shape index (κ1) is 20.9. The van der Waals surface area contributed by atoms with Crippen molar-refractivity contribution >= 4 is 11.6 Å². The van der Waals surface area contributed by atoms with Crippen LogP contribution in [0.1, 0.15) is 12.0 Å². The van der Waals surface area contributed by atoms with Crippen LogP contribution in [0.3, 0.4) is 0 Å². The summed E-state index contributed by atoms with van der Waals surface area (Å²) in [5, 5.41) is 12.9. The van der Waals surface area contributed by atoms with E-state index in [1.807, 2.05) is 30.4 Å². The van der Waals surface area contributed by atoms with E-state index in [0.717, 1.165) is 5.56 Å². The number of allylic oxidation sites excluding steroid dienone is 2. The average molecular weight is 390 g/mol. The number of amides is 1. The zero-order valence-electron chi connectivity index (χ0n) is 14.6. The molecule has 0 fully saturated rings. The molecule has 0 aliphatic heterocycles. The predicted molar refractivity (Wildman–Crippen MR) is 99.1 cm³/mol. The number of hydrogen-bond donors (Lipinski definition) is 1. The fourth-order valence-electron chi connectivity index (χ4n) is 2.51. The van der Waals surface area contributed by atoms with E-state index in [2.05, 4.69) is 0 Å². The molecular weight excluding hydrogens is 373 g/mol. The molecule has 0 bridgehead atoms. The molecule has 0 saturated carbocycles. The molecule has 28 heavy (non-hydrogen) atoms. The molecule has 0 saturated heterocycles. The maximum Gasteiger partial charge on any atom is 0.471 e. The van der Waals surface area contributed by atoms with Crippen LogP contribution in [-0.4, -0.2) is 17.0 Å². The Hall–Kier alpha value is -3.42. The highest BCUT2D eigenvalue weighted by atomic mass is 19.4. The molecule has 1 unspecified atom stereocenters. The number of nitrogens with one attached hydrogen (secondary N) is 1. The molecule has 0 radical (unpaired) electrons. The van der Waals surface area contributed by atoms with Crippen LogP contribution in [0.25, 0.3) is 0 Å². The summed E-state index contributed by atoms with van der Waals surface area (Å²) >= 11 is 0. The number of halogens is 3. The van der Waals surface area contributed by atoms with Crippen molar-refractivity contribution in [3.05, 3.63) is 101 Å². The van der Waals surface area contributed by atoms with E-state index in [0.29, 0.717) is 6.42 Å². The van der Waals surface area contributed by atoms with Crippen LogP contribution < -0.4 is 5.32 Å². The molecule has 1 N–H and O–H groups in total. The molecule has 1 aliphatic rings. The maximum absolute atomic E-state index is 11.7. The molecule has 8 heteroatoms. The SMILES string of the molecule is O=C(Nc1ccccc1)C(F)(F)F.O=[N+]([O-])C1(c2ccccc2)C=CC=CC1. The summed E-state index contributed by atoms with van der Waals surface area (Å²) in [4.78, 5) is 21.4. The number of nitro groups is 1. The number of anilines is 1. The average Bonchev–Trinajstić information content (AvgIpc) is 2.69. The molecule has 0 aromatic heterocycles. The lowest BCUT2D eigenvalue weighted by molar-refractivity contribution is -0.563. The Kier molecular flexibility index (Phi) is 6.70. The highest BCUT2D eigenvalue weighted by molar-refractivity contribution is 5.94. The van der Waals surface area contributed by atoms with Gasteiger partial charge in [-0.15, -0.1) is 0 Å². The van der Waals surface area contributed by atoms with Crippen molar-refractivity contribution in [1.29, 1.82) is 0 Å². The third-order valence-electron chi connectivity index (χ3n) is 3.94. The van der Waals surface area contributed by atoms with Gasteiger partial charge < -0.3 is 5.32 Å². The Morgan fingerprint density at radius 2 is 1.57 bits per heavy atom. The predicted octanol–water partition coefficient (Wildman–Crippen LogP) is 4.86. The third kappa shape index (κ3) is 5.29. The van der Waals surface area contributed by atoms with Crippen LogP contribution in [0.2, 0.25) is 0 Å². The quantitative estimate of drug-likeness (QED) is 0.601. The molecule has 2 aromatic rings. The standard InChI is InChI=1S/C12H11NO2.C8H6F3NO/c14-13(15)12(9-5-2-6-10-12)11-7-3-1-4-8-11;9-8(10,11)7(13)12-6-4-2-1-3-5-6/h1-9H,10H2;1-5H,(H,12,13). The van der Waals surface area contributed by atoms with E-state index in [-0.39, 0.29) is 10.6 Å². The Labute approximate surface area is 159 Å². The number of benzene rings is 2. The zero-order valence-corrected chi connectivity index (χ0v) is 14.6. The highest BCUT2D eigenvalue weighted by Gasteiger charge is 2.41. The Bertz CT molecular complexity index is 865. The number of hydrogen-bond acceptors (Lipinski definition) is 3. The van der Waals surface area contributed by atoms with Crippen molar-refractivity contribution in [2.75, 3.05) is 5.32 Å². The molecular formula is C20H17F3N2O3. The van der Waals surface area contributed by atoms with E-state index in [9.17, 15) is 28.1 Å². The third-order valence-corrected chi connectivity index (χ3v) is 3.94. The minimum absolute atomic E-state index is 0.129. The Morgan fingerprint density at radius 3 is 2.04 bits per heavy atom. The number of nitrogens with zero attached hydrogens (tertiary/aromatic N) is 1. The van der Waals surface area contributed by atoms with Gasteiger partial charge in [-0.3, -0.25) is 14.9 Å². The number of para-hydroxylation sites is 1. The van der Waals surface area contributed by atoms with Crippen LogP contribution in [-0.2, 0) is 10.3 Å². The summed E-state index contributed by atoms with van der Waals surface area (Å²) in [6.07, 6.45) is 2.64. The fourth-order valence-corrected chi connectivity index (χ4v) is 2.51. The van der Waals surface area contributed by atoms with Gasteiger partial charge >= 0.3 is 12.1 Å². The molecule has 1 atom stereocenters. The number of carbonyl (C=O) groups is 1. The van der Waals surface area contributed by atoms with Gasteiger partial charge in [-0.2, -0.15) is 13.2 Å². The monoisotopic (exact) mass is 390 g/mol. The van der Waals surface area contributed by atoms with Gasteiger partial charge in [0.05, 0.1) is 0 Å². The topological polar surface area (TPSA) is 72.2 Å². The van der Waals surface area contributed by atoms with Gasteiger partial charge in [0.2, 0.25) is 0 Å². The lowest BCUT2D eigenvalue weighted by Crippen LogP contribution is -2.33. The largest absolute Gasteiger partial charge is 0.471 e. The summed E-state index contributed by atoms with van der Waals surface area (Å²) in [7, 11) is 0. The lowest BCUT2D eigenvalue weighted by Gasteiger charge is -2.22. The second-order valence-corrected chi connectivity index (χ2v) is 5.86. The summed E-state index contributed by atoms with van der Waals surface area (Å²) < 4.78 is 35.2. The summed E-state index contributed by atoms with van der Waals surface area (Å²) in [5.41, 5.74) is -0.212.